The van der Waals surface area contributed by atoms with E-state index >= 15 is 0 Å². The van der Waals surface area contributed by atoms with E-state index in [9.17, 15) is 4.39 Å². The Morgan fingerprint density at radius 1 is 1.37 bits per heavy atom. The van der Waals surface area contributed by atoms with Gasteiger partial charge in [-0.1, -0.05) is 0 Å². The summed E-state index contributed by atoms with van der Waals surface area (Å²) in [4.78, 5) is 5.47. The number of thiazole rings is 1. The van der Waals surface area contributed by atoms with Crippen LogP contribution in [0.1, 0.15) is 26.7 Å². The third-order valence-corrected chi connectivity index (χ3v) is 3.99. The molecule has 1 heterocycles. The standard InChI is InChI=1S/C14H14FN3S/c1-8-12(15)4-11(6-16)5-13(8)17-7-14-9(2)18-10(3)19-14/h4-5,17H,7H2,1-3H3. The summed E-state index contributed by atoms with van der Waals surface area (Å²) < 4.78 is 13.6. The van der Waals surface area contributed by atoms with Crippen molar-refractivity contribution < 1.29 is 4.39 Å². The molecule has 0 fully saturated rings. The zero-order chi connectivity index (χ0) is 14.0. The van der Waals surface area contributed by atoms with Crippen molar-refractivity contribution >= 4 is 17.0 Å². The highest BCUT2D eigenvalue weighted by Crippen LogP contribution is 2.23. The molecular weight excluding hydrogens is 261 g/mol. The predicted octanol–water partition coefficient (Wildman–Crippen LogP) is 3.69. The molecule has 19 heavy (non-hydrogen) atoms. The number of rotatable bonds is 3. The highest BCUT2D eigenvalue weighted by Gasteiger charge is 2.09. The largest absolute Gasteiger partial charge is 0.380 e. The number of halogens is 1. The Morgan fingerprint density at radius 2 is 2.11 bits per heavy atom. The van der Waals surface area contributed by atoms with Crippen molar-refractivity contribution in [3.8, 4) is 6.07 Å². The van der Waals surface area contributed by atoms with E-state index in [2.05, 4.69) is 10.3 Å². The number of nitrogens with zero attached hydrogens (tertiary/aromatic N) is 2. The minimum absolute atomic E-state index is 0.322. The van der Waals surface area contributed by atoms with Crippen molar-refractivity contribution in [3.63, 3.8) is 0 Å². The molecular formula is C14H14FN3S. The van der Waals surface area contributed by atoms with Gasteiger partial charge in [0.2, 0.25) is 0 Å². The molecule has 0 atom stereocenters. The summed E-state index contributed by atoms with van der Waals surface area (Å²) in [6.45, 7) is 6.21. The second kappa shape index (κ2) is 5.37. The van der Waals surface area contributed by atoms with Crippen LogP contribution in [0.3, 0.4) is 0 Å². The molecule has 3 nitrogen and oxygen atoms in total. The fourth-order valence-corrected chi connectivity index (χ4v) is 2.72. The molecule has 0 saturated heterocycles. The molecule has 98 valence electrons. The van der Waals surface area contributed by atoms with Crippen LogP contribution in [0, 0.1) is 37.9 Å². The number of benzene rings is 1. The molecule has 0 aliphatic heterocycles. The van der Waals surface area contributed by atoms with Crippen LogP contribution in [0.2, 0.25) is 0 Å². The van der Waals surface area contributed by atoms with Gasteiger partial charge in [-0.25, -0.2) is 9.37 Å². The molecule has 2 rings (SSSR count). The van der Waals surface area contributed by atoms with Crippen LogP contribution in [0.25, 0.3) is 0 Å². The van der Waals surface area contributed by atoms with E-state index in [1.165, 1.54) is 6.07 Å². The van der Waals surface area contributed by atoms with Crippen molar-refractivity contribution in [2.75, 3.05) is 5.32 Å². The summed E-state index contributed by atoms with van der Waals surface area (Å²) in [5.41, 5.74) is 2.49. The Kier molecular flexibility index (Phi) is 3.82. The second-order valence-corrected chi connectivity index (χ2v) is 5.63. The van der Waals surface area contributed by atoms with Gasteiger partial charge in [-0.05, 0) is 32.9 Å². The van der Waals surface area contributed by atoms with E-state index in [4.69, 9.17) is 5.26 Å². The minimum atomic E-state index is -0.362. The quantitative estimate of drug-likeness (QED) is 0.929. The van der Waals surface area contributed by atoms with E-state index in [1.807, 2.05) is 19.9 Å². The predicted molar refractivity (Wildman–Crippen MR) is 74.8 cm³/mol. The van der Waals surface area contributed by atoms with Gasteiger partial charge < -0.3 is 5.32 Å². The molecule has 1 aromatic heterocycles. The minimum Gasteiger partial charge on any atom is -0.380 e. The first-order valence-electron chi connectivity index (χ1n) is 5.88. The van der Waals surface area contributed by atoms with Gasteiger partial charge in [-0.2, -0.15) is 5.26 Å². The van der Waals surface area contributed by atoms with Gasteiger partial charge in [0.25, 0.3) is 0 Å². The fraction of sp³-hybridized carbons (Fsp3) is 0.286. The SMILES string of the molecule is Cc1nc(C)c(CNc2cc(C#N)cc(F)c2C)s1. The third-order valence-electron chi connectivity index (χ3n) is 2.91. The third kappa shape index (κ3) is 2.91. The van der Waals surface area contributed by atoms with Crippen LogP contribution in [-0.2, 0) is 6.54 Å². The van der Waals surface area contributed by atoms with Crippen LogP contribution < -0.4 is 5.32 Å². The summed E-state index contributed by atoms with van der Waals surface area (Å²) in [7, 11) is 0. The normalized spacial score (nSPS) is 10.3. The summed E-state index contributed by atoms with van der Waals surface area (Å²) in [6.07, 6.45) is 0. The number of nitriles is 1. The van der Waals surface area contributed by atoms with Crippen molar-refractivity contribution in [3.05, 3.63) is 44.7 Å². The maximum absolute atomic E-state index is 13.6. The average molecular weight is 275 g/mol. The van der Waals surface area contributed by atoms with Gasteiger partial charge in [-0.15, -0.1) is 11.3 Å². The van der Waals surface area contributed by atoms with Crippen LogP contribution in [-0.4, -0.2) is 4.98 Å². The number of aryl methyl sites for hydroxylation is 2. The van der Waals surface area contributed by atoms with E-state index in [1.54, 1.807) is 24.3 Å². The molecule has 1 aromatic carbocycles. The lowest BCUT2D eigenvalue weighted by Gasteiger charge is -2.10. The fourth-order valence-electron chi connectivity index (χ4n) is 1.84. The van der Waals surface area contributed by atoms with Crippen LogP contribution in [0.15, 0.2) is 12.1 Å². The van der Waals surface area contributed by atoms with Crippen molar-refractivity contribution in [1.82, 2.24) is 4.98 Å². The average Bonchev–Trinajstić information content (AvgIpc) is 2.69. The smallest absolute Gasteiger partial charge is 0.129 e. The van der Waals surface area contributed by atoms with E-state index in [0.29, 0.717) is 23.4 Å². The molecule has 0 unspecified atom stereocenters. The molecule has 1 N–H and O–H groups in total. The van der Waals surface area contributed by atoms with Gasteiger partial charge in [0.1, 0.15) is 5.82 Å². The van der Waals surface area contributed by atoms with Crippen LogP contribution in [0.5, 0.6) is 0 Å². The highest BCUT2D eigenvalue weighted by atomic mass is 32.1. The zero-order valence-corrected chi connectivity index (χ0v) is 11.9. The lowest BCUT2D eigenvalue weighted by Crippen LogP contribution is -2.02. The zero-order valence-electron chi connectivity index (χ0n) is 11.0. The molecule has 0 aliphatic carbocycles. The van der Waals surface area contributed by atoms with Crippen molar-refractivity contribution in [2.45, 2.75) is 27.3 Å². The van der Waals surface area contributed by atoms with E-state index < -0.39 is 0 Å². The van der Waals surface area contributed by atoms with E-state index in [0.717, 1.165) is 15.6 Å². The van der Waals surface area contributed by atoms with Gasteiger partial charge in [-0.3, -0.25) is 0 Å². The summed E-state index contributed by atoms with van der Waals surface area (Å²) in [5, 5.41) is 13.1. The van der Waals surface area contributed by atoms with Gasteiger partial charge in [0.05, 0.1) is 28.9 Å². The lowest BCUT2D eigenvalue weighted by molar-refractivity contribution is 0.618. The van der Waals surface area contributed by atoms with E-state index in [-0.39, 0.29) is 5.82 Å². The maximum atomic E-state index is 13.6. The first-order valence-corrected chi connectivity index (χ1v) is 6.70. The lowest BCUT2D eigenvalue weighted by atomic mass is 10.1. The van der Waals surface area contributed by atoms with Crippen molar-refractivity contribution in [2.24, 2.45) is 0 Å². The van der Waals surface area contributed by atoms with Gasteiger partial charge in [0, 0.05) is 16.1 Å². The Bertz CT molecular complexity index is 655. The second-order valence-electron chi connectivity index (χ2n) is 4.34. The molecule has 0 spiro atoms. The Balaban J connectivity index is 2.22. The highest BCUT2D eigenvalue weighted by molar-refractivity contribution is 7.11. The Labute approximate surface area is 115 Å². The Hall–Kier alpha value is -1.93. The molecule has 0 aliphatic rings. The molecule has 0 amide bonds. The maximum Gasteiger partial charge on any atom is 0.129 e. The Morgan fingerprint density at radius 3 is 2.68 bits per heavy atom. The number of aromatic nitrogens is 1. The van der Waals surface area contributed by atoms with Crippen LogP contribution in [0.4, 0.5) is 10.1 Å². The van der Waals surface area contributed by atoms with Gasteiger partial charge in [0.15, 0.2) is 0 Å². The van der Waals surface area contributed by atoms with Crippen molar-refractivity contribution in [1.29, 1.82) is 5.26 Å². The molecule has 0 radical (unpaired) electrons. The summed E-state index contributed by atoms with van der Waals surface area (Å²) in [6, 6.07) is 4.88. The molecule has 0 saturated carbocycles. The topological polar surface area (TPSA) is 48.7 Å². The first kappa shape index (κ1) is 13.5. The van der Waals surface area contributed by atoms with Gasteiger partial charge >= 0.3 is 0 Å². The summed E-state index contributed by atoms with van der Waals surface area (Å²) in [5.74, 6) is -0.362. The van der Waals surface area contributed by atoms with Crippen LogP contribution >= 0.6 is 11.3 Å². The molecule has 0 bridgehead atoms. The monoisotopic (exact) mass is 275 g/mol. The molecule has 2 aromatic rings. The number of nitrogens with one attached hydrogen (secondary N) is 1. The number of anilines is 1. The summed E-state index contributed by atoms with van der Waals surface area (Å²) >= 11 is 1.62. The first-order chi connectivity index (χ1) is 9.01. The number of hydrogen-bond acceptors (Lipinski definition) is 4. The molecule has 5 heteroatoms. The number of hydrogen-bond donors (Lipinski definition) is 1.